The van der Waals surface area contributed by atoms with Gasteiger partial charge in [0, 0.05) is 62.7 Å². The largest absolute Gasteiger partial charge is 0.337 e. The molecule has 1 aliphatic heterocycles. The molecule has 0 aliphatic carbocycles. The summed E-state index contributed by atoms with van der Waals surface area (Å²) in [7, 11) is 0. The highest BCUT2D eigenvalue weighted by atomic mass is 19.2. The summed E-state index contributed by atoms with van der Waals surface area (Å²) in [5.41, 5.74) is 1.23. The summed E-state index contributed by atoms with van der Waals surface area (Å²) < 4.78 is 28.9. The average Bonchev–Trinajstić information content (AvgIpc) is 3.12. The van der Waals surface area contributed by atoms with Crippen LogP contribution >= 0.6 is 0 Å². The van der Waals surface area contributed by atoms with Gasteiger partial charge in [-0.05, 0) is 19.1 Å². The van der Waals surface area contributed by atoms with Crippen molar-refractivity contribution in [2.75, 3.05) is 26.2 Å². The Morgan fingerprint density at radius 2 is 2.00 bits per heavy atom. The Hall–Kier alpha value is -2.54. The van der Waals surface area contributed by atoms with E-state index in [-0.39, 0.29) is 5.91 Å². The van der Waals surface area contributed by atoms with E-state index in [0.29, 0.717) is 38.3 Å². The molecule has 5 nitrogen and oxygen atoms in total. The molecule has 138 valence electrons. The molecule has 1 amide bonds. The molecule has 7 heteroatoms. The molecular weight excluding hydrogens is 338 g/mol. The summed E-state index contributed by atoms with van der Waals surface area (Å²) in [5, 5.41) is 4.16. The van der Waals surface area contributed by atoms with Crippen LogP contribution in [0.5, 0.6) is 0 Å². The Labute approximate surface area is 151 Å². The van der Waals surface area contributed by atoms with E-state index in [1.165, 1.54) is 6.07 Å². The summed E-state index contributed by atoms with van der Waals surface area (Å²) in [6.07, 6.45) is 6.92. The maximum atomic E-state index is 13.8. The zero-order chi connectivity index (χ0) is 18.5. The molecule has 0 N–H and O–H groups in total. The lowest BCUT2D eigenvalue weighted by Crippen LogP contribution is -2.47. The van der Waals surface area contributed by atoms with Crippen molar-refractivity contribution in [3.63, 3.8) is 0 Å². The van der Waals surface area contributed by atoms with Gasteiger partial charge in [-0.1, -0.05) is 12.1 Å². The molecule has 1 fully saturated rings. The van der Waals surface area contributed by atoms with Crippen LogP contribution < -0.4 is 0 Å². The number of nitrogens with zero attached hydrogens (tertiary/aromatic N) is 4. The highest BCUT2D eigenvalue weighted by molar-refractivity contribution is 5.91. The first-order valence-corrected chi connectivity index (χ1v) is 8.71. The van der Waals surface area contributed by atoms with Crippen molar-refractivity contribution < 1.29 is 13.6 Å². The lowest BCUT2D eigenvalue weighted by molar-refractivity contribution is -0.127. The second kappa shape index (κ2) is 8.23. The molecule has 1 saturated heterocycles. The number of amides is 1. The van der Waals surface area contributed by atoms with E-state index in [4.69, 9.17) is 0 Å². The van der Waals surface area contributed by atoms with E-state index in [1.54, 1.807) is 34.0 Å². The monoisotopic (exact) mass is 360 g/mol. The van der Waals surface area contributed by atoms with E-state index < -0.39 is 11.6 Å². The van der Waals surface area contributed by atoms with E-state index in [1.807, 2.05) is 18.0 Å². The second-order valence-electron chi connectivity index (χ2n) is 6.28. The summed E-state index contributed by atoms with van der Waals surface area (Å²) in [6, 6.07) is 4.22. The SMILES string of the molecule is CCn1cc(/C=C/C(=O)N2CCN(Cc3cccc(F)c3F)CC2)cn1. The summed E-state index contributed by atoms with van der Waals surface area (Å²) in [6.45, 7) is 5.52. The van der Waals surface area contributed by atoms with E-state index in [2.05, 4.69) is 5.10 Å². The van der Waals surface area contributed by atoms with Gasteiger partial charge in [0.05, 0.1) is 6.20 Å². The van der Waals surface area contributed by atoms with Gasteiger partial charge in [-0.3, -0.25) is 14.4 Å². The van der Waals surface area contributed by atoms with Crippen LogP contribution in [0.4, 0.5) is 8.78 Å². The van der Waals surface area contributed by atoms with Gasteiger partial charge in [0.25, 0.3) is 0 Å². The molecule has 1 aliphatic rings. The minimum absolute atomic E-state index is 0.0502. The van der Waals surface area contributed by atoms with Crippen molar-refractivity contribution in [3.05, 3.63) is 59.4 Å². The number of hydrogen-bond acceptors (Lipinski definition) is 3. The fraction of sp³-hybridized carbons (Fsp3) is 0.368. The minimum Gasteiger partial charge on any atom is -0.337 e. The van der Waals surface area contributed by atoms with Crippen LogP contribution in [0.1, 0.15) is 18.1 Å². The molecule has 2 heterocycles. The number of carbonyl (C=O) groups excluding carboxylic acids is 1. The van der Waals surface area contributed by atoms with E-state index >= 15 is 0 Å². The molecule has 2 aromatic rings. The second-order valence-corrected chi connectivity index (χ2v) is 6.28. The predicted molar refractivity (Wildman–Crippen MR) is 95.2 cm³/mol. The molecular formula is C19H22F2N4O. The van der Waals surface area contributed by atoms with Crippen molar-refractivity contribution in [2.45, 2.75) is 20.0 Å². The summed E-state index contributed by atoms with van der Waals surface area (Å²) in [5.74, 6) is -1.67. The first kappa shape index (κ1) is 18.3. The van der Waals surface area contributed by atoms with Gasteiger partial charge >= 0.3 is 0 Å². The Balaban J connectivity index is 1.51. The number of rotatable bonds is 5. The number of benzene rings is 1. The Morgan fingerprint density at radius 3 is 2.69 bits per heavy atom. The van der Waals surface area contributed by atoms with Crippen LogP contribution in [0.3, 0.4) is 0 Å². The fourth-order valence-electron chi connectivity index (χ4n) is 2.95. The van der Waals surface area contributed by atoms with Crippen molar-refractivity contribution >= 4 is 12.0 Å². The quantitative estimate of drug-likeness (QED) is 0.770. The van der Waals surface area contributed by atoms with Crippen LogP contribution in [0, 0.1) is 11.6 Å². The summed E-state index contributed by atoms with van der Waals surface area (Å²) in [4.78, 5) is 16.1. The zero-order valence-corrected chi connectivity index (χ0v) is 14.7. The van der Waals surface area contributed by atoms with E-state index in [9.17, 15) is 13.6 Å². The molecule has 26 heavy (non-hydrogen) atoms. The average molecular weight is 360 g/mol. The van der Waals surface area contributed by atoms with Gasteiger partial charge in [-0.15, -0.1) is 0 Å². The van der Waals surface area contributed by atoms with Gasteiger partial charge in [0.15, 0.2) is 11.6 Å². The Bertz CT molecular complexity index is 795. The van der Waals surface area contributed by atoms with Gasteiger partial charge < -0.3 is 4.90 Å². The molecule has 0 saturated carbocycles. The lowest BCUT2D eigenvalue weighted by Gasteiger charge is -2.34. The van der Waals surface area contributed by atoms with Crippen molar-refractivity contribution in [1.29, 1.82) is 0 Å². The lowest BCUT2D eigenvalue weighted by atomic mass is 10.1. The standard InChI is InChI=1S/C19H22F2N4O/c1-2-25-13-15(12-22-25)6-7-18(26)24-10-8-23(9-11-24)14-16-4-3-5-17(20)19(16)21/h3-7,12-13H,2,8-11,14H2,1H3/b7-6+. The third-order valence-electron chi connectivity index (χ3n) is 4.51. The molecule has 1 aromatic carbocycles. The van der Waals surface area contributed by atoms with Gasteiger partial charge in [0.1, 0.15) is 0 Å². The van der Waals surface area contributed by atoms with Crippen LogP contribution in [0.25, 0.3) is 6.08 Å². The fourth-order valence-corrected chi connectivity index (χ4v) is 2.95. The number of piperazine rings is 1. The maximum Gasteiger partial charge on any atom is 0.246 e. The molecule has 0 unspecified atom stereocenters. The number of halogens is 2. The Kier molecular flexibility index (Phi) is 5.78. The first-order valence-electron chi connectivity index (χ1n) is 8.71. The third-order valence-corrected chi connectivity index (χ3v) is 4.51. The normalized spacial score (nSPS) is 15.7. The summed E-state index contributed by atoms with van der Waals surface area (Å²) >= 11 is 0. The highest BCUT2D eigenvalue weighted by Crippen LogP contribution is 2.15. The van der Waals surface area contributed by atoms with Crippen LogP contribution in [0.2, 0.25) is 0 Å². The van der Waals surface area contributed by atoms with Crippen molar-refractivity contribution in [2.24, 2.45) is 0 Å². The number of carbonyl (C=O) groups is 1. The van der Waals surface area contributed by atoms with Gasteiger partial charge in [-0.2, -0.15) is 5.10 Å². The van der Waals surface area contributed by atoms with Gasteiger partial charge in [-0.25, -0.2) is 8.78 Å². The maximum absolute atomic E-state index is 13.8. The first-order chi connectivity index (χ1) is 12.6. The highest BCUT2D eigenvalue weighted by Gasteiger charge is 2.21. The number of hydrogen-bond donors (Lipinski definition) is 0. The van der Waals surface area contributed by atoms with Crippen molar-refractivity contribution in [3.8, 4) is 0 Å². The molecule has 0 radical (unpaired) electrons. The van der Waals surface area contributed by atoms with E-state index in [0.717, 1.165) is 18.2 Å². The molecule has 0 bridgehead atoms. The number of aromatic nitrogens is 2. The molecule has 0 atom stereocenters. The molecule has 0 spiro atoms. The minimum atomic E-state index is -0.826. The smallest absolute Gasteiger partial charge is 0.246 e. The third kappa shape index (κ3) is 4.35. The van der Waals surface area contributed by atoms with Crippen LogP contribution in [-0.2, 0) is 17.9 Å². The van der Waals surface area contributed by atoms with Gasteiger partial charge in [0.2, 0.25) is 5.91 Å². The van der Waals surface area contributed by atoms with Crippen LogP contribution in [-0.4, -0.2) is 51.7 Å². The van der Waals surface area contributed by atoms with Crippen molar-refractivity contribution in [1.82, 2.24) is 19.6 Å². The molecule has 1 aromatic heterocycles. The topological polar surface area (TPSA) is 41.4 Å². The number of aryl methyl sites for hydroxylation is 1. The predicted octanol–water partition coefficient (Wildman–Crippen LogP) is 2.54. The van der Waals surface area contributed by atoms with Crippen LogP contribution in [0.15, 0.2) is 36.7 Å². The molecule has 3 rings (SSSR count). The Morgan fingerprint density at radius 1 is 1.23 bits per heavy atom. The zero-order valence-electron chi connectivity index (χ0n) is 14.7.